The molecule has 3 heterocycles. The van der Waals surface area contributed by atoms with Crippen molar-refractivity contribution in [3.8, 4) is 0 Å². The molecule has 2 aliphatic heterocycles. The Balaban J connectivity index is 1.35. The summed E-state index contributed by atoms with van der Waals surface area (Å²) in [5.74, 6) is 0.707. The first-order chi connectivity index (χ1) is 14.7. The van der Waals surface area contributed by atoms with Crippen LogP contribution in [0.25, 0.3) is 0 Å². The smallest absolute Gasteiger partial charge is 0.354 e. The van der Waals surface area contributed by atoms with Gasteiger partial charge in [-0.3, -0.25) is 4.90 Å². The molecular weight excluding hydrogens is 429 g/mol. The van der Waals surface area contributed by atoms with Gasteiger partial charge in [-0.1, -0.05) is 18.2 Å². The highest BCUT2D eigenvalue weighted by molar-refractivity contribution is 7.89. The summed E-state index contributed by atoms with van der Waals surface area (Å²) in [6.07, 6.45) is -1.15. The summed E-state index contributed by atoms with van der Waals surface area (Å²) in [4.78, 5) is 8.75. The van der Waals surface area contributed by atoms with E-state index in [9.17, 15) is 21.6 Å². The molecule has 0 amide bonds. The van der Waals surface area contributed by atoms with Gasteiger partial charge < -0.3 is 4.90 Å². The summed E-state index contributed by atoms with van der Waals surface area (Å²) >= 11 is 0. The first kappa shape index (κ1) is 22.0. The molecule has 0 bridgehead atoms. The van der Waals surface area contributed by atoms with E-state index in [1.54, 1.807) is 18.2 Å². The molecule has 31 heavy (non-hydrogen) atoms. The summed E-state index contributed by atoms with van der Waals surface area (Å²) in [6, 6.07) is 8.77. The fraction of sp³-hybridized carbons (Fsp3) is 0.476. The zero-order chi connectivity index (χ0) is 22.1. The number of hydrogen-bond acceptors (Lipinski definition) is 5. The number of benzene rings is 1. The monoisotopic (exact) mass is 454 g/mol. The molecule has 2 saturated heterocycles. The van der Waals surface area contributed by atoms with Crippen LogP contribution in [-0.4, -0.2) is 61.9 Å². The number of alkyl halides is 3. The molecule has 0 saturated carbocycles. The van der Waals surface area contributed by atoms with Crippen LogP contribution in [-0.2, 0) is 22.7 Å². The Bertz CT molecular complexity index is 998. The summed E-state index contributed by atoms with van der Waals surface area (Å²) in [6.45, 7) is 4.28. The van der Waals surface area contributed by atoms with Crippen LogP contribution in [0.2, 0.25) is 0 Å². The maximum absolute atomic E-state index is 12.9. The Morgan fingerprint density at radius 3 is 2.26 bits per heavy atom. The number of halogens is 3. The minimum absolute atomic E-state index is 0.210. The standard InChI is InChI=1S/C21H25F3N4O2S/c22-21(23,24)18-5-3-4-17(14-18)16-26-10-12-27(13-11-26)20-7-6-19(15-25-20)31(29,30)28-8-1-2-9-28/h3-7,14-15H,1-2,8-13,16H2. The second-order valence-corrected chi connectivity index (χ2v) is 9.86. The van der Waals surface area contributed by atoms with Crippen molar-refractivity contribution in [2.75, 3.05) is 44.2 Å². The van der Waals surface area contributed by atoms with Crippen LogP contribution in [0.5, 0.6) is 0 Å². The minimum atomic E-state index is -4.34. The van der Waals surface area contributed by atoms with Crippen molar-refractivity contribution in [2.24, 2.45) is 0 Å². The number of sulfonamides is 1. The first-order valence-electron chi connectivity index (χ1n) is 10.3. The van der Waals surface area contributed by atoms with E-state index in [0.29, 0.717) is 57.2 Å². The fourth-order valence-electron chi connectivity index (χ4n) is 4.03. The molecule has 2 aliphatic rings. The van der Waals surface area contributed by atoms with Crippen molar-refractivity contribution >= 4 is 15.8 Å². The topological polar surface area (TPSA) is 56.8 Å². The normalized spacial score (nSPS) is 19.1. The van der Waals surface area contributed by atoms with Crippen LogP contribution >= 0.6 is 0 Å². The van der Waals surface area contributed by atoms with Gasteiger partial charge in [0.15, 0.2) is 0 Å². The van der Waals surface area contributed by atoms with Gasteiger partial charge in [-0.2, -0.15) is 17.5 Å². The van der Waals surface area contributed by atoms with Crippen molar-refractivity contribution in [2.45, 2.75) is 30.5 Å². The van der Waals surface area contributed by atoms with E-state index in [1.165, 1.54) is 22.6 Å². The third kappa shape index (κ3) is 5.02. The Morgan fingerprint density at radius 2 is 1.65 bits per heavy atom. The average Bonchev–Trinajstić information content (AvgIpc) is 3.30. The highest BCUT2D eigenvalue weighted by atomic mass is 32.2. The van der Waals surface area contributed by atoms with Gasteiger partial charge in [-0.25, -0.2) is 13.4 Å². The Kier molecular flexibility index (Phi) is 6.23. The molecule has 10 heteroatoms. The second-order valence-electron chi connectivity index (χ2n) is 7.92. The quantitative estimate of drug-likeness (QED) is 0.695. The van der Waals surface area contributed by atoms with Crippen LogP contribution in [0.3, 0.4) is 0 Å². The molecule has 0 N–H and O–H groups in total. The number of rotatable bonds is 5. The van der Waals surface area contributed by atoms with Crippen molar-refractivity contribution in [3.05, 3.63) is 53.7 Å². The summed E-state index contributed by atoms with van der Waals surface area (Å²) in [5.41, 5.74) is 0.00896. The fourth-order valence-corrected chi connectivity index (χ4v) is 5.49. The maximum Gasteiger partial charge on any atom is 0.416 e. The van der Waals surface area contributed by atoms with E-state index in [0.717, 1.165) is 18.9 Å². The van der Waals surface area contributed by atoms with Gasteiger partial charge >= 0.3 is 6.18 Å². The predicted molar refractivity (Wildman–Crippen MR) is 111 cm³/mol. The van der Waals surface area contributed by atoms with Gasteiger partial charge in [-0.05, 0) is 36.6 Å². The number of hydrogen-bond donors (Lipinski definition) is 0. The van der Waals surface area contributed by atoms with Gasteiger partial charge in [0.05, 0.1) is 5.56 Å². The van der Waals surface area contributed by atoms with Crippen molar-refractivity contribution in [3.63, 3.8) is 0 Å². The van der Waals surface area contributed by atoms with E-state index >= 15 is 0 Å². The van der Waals surface area contributed by atoms with Gasteiger partial charge in [-0.15, -0.1) is 0 Å². The lowest BCUT2D eigenvalue weighted by Crippen LogP contribution is -2.46. The lowest BCUT2D eigenvalue weighted by Gasteiger charge is -2.35. The van der Waals surface area contributed by atoms with Gasteiger partial charge in [0.25, 0.3) is 0 Å². The van der Waals surface area contributed by atoms with Crippen LogP contribution < -0.4 is 4.90 Å². The highest BCUT2D eigenvalue weighted by Crippen LogP contribution is 2.30. The Hall–Kier alpha value is -2.17. The minimum Gasteiger partial charge on any atom is -0.354 e. The lowest BCUT2D eigenvalue weighted by molar-refractivity contribution is -0.137. The molecule has 2 fully saturated rings. The summed E-state index contributed by atoms with van der Waals surface area (Å²) in [7, 11) is -3.48. The molecule has 168 valence electrons. The Labute approximate surface area is 180 Å². The number of aromatic nitrogens is 1. The van der Waals surface area contributed by atoms with E-state index in [-0.39, 0.29) is 4.90 Å². The molecule has 4 rings (SSSR count). The van der Waals surface area contributed by atoms with Gasteiger partial charge in [0.2, 0.25) is 10.0 Å². The van der Waals surface area contributed by atoms with Crippen LogP contribution in [0.15, 0.2) is 47.5 Å². The summed E-state index contributed by atoms with van der Waals surface area (Å²) < 4.78 is 65.5. The molecule has 1 aromatic heterocycles. The third-order valence-electron chi connectivity index (χ3n) is 5.78. The number of nitrogens with zero attached hydrogens (tertiary/aromatic N) is 4. The molecule has 0 unspecified atom stereocenters. The van der Waals surface area contributed by atoms with E-state index in [4.69, 9.17) is 0 Å². The number of anilines is 1. The maximum atomic E-state index is 12.9. The van der Waals surface area contributed by atoms with Crippen molar-refractivity contribution in [1.82, 2.24) is 14.2 Å². The average molecular weight is 455 g/mol. The Morgan fingerprint density at radius 1 is 0.935 bits per heavy atom. The van der Waals surface area contributed by atoms with Crippen LogP contribution in [0.1, 0.15) is 24.0 Å². The summed E-state index contributed by atoms with van der Waals surface area (Å²) in [5, 5.41) is 0. The molecule has 0 aliphatic carbocycles. The predicted octanol–water partition coefficient (Wildman–Crippen LogP) is 3.21. The molecule has 1 aromatic carbocycles. The zero-order valence-corrected chi connectivity index (χ0v) is 17.9. The van der Waals surface area contributed by atoms with Crippen LogP contribution in [0, 0.1) is 0 Å². The molecule has 0 atom stereocenters. The number of piperazine rings is 1. The third-order valence-corrected chi connectivity index (χ3v) is 7.66. The molecular formula is C21H25F3N4O2S. The van der Waals surface area contributed by atoms with E-state index in [2.05, 4.69) is 14.8 Å². The zero-order valence-electron chi connectivity index (χ0n) is 17.1. The highest BCUT2D eigenvalue weighted by Gasteiger charge is 2.31. The van der Waals surface area contributed by atoms with Crippen LogP contribution in [0.4, 0.5) is 19.0 Å². The largest absolute Gasteiger partial charge is 0.416 e. The lowest BCUT2D eigenvalue weighted by atomic mass is 10.1. The molecule has 0 radical (unpaired) electrons. The van der Waals surface area contributed by atoms with Crippen molar-refractivity contribution < 1.29 is 21.6 Å². The van der Waals surface area contributed by atoms with Gasteiger partial charge in [0.1, 0.15) is 10.7 Å². The first-order valence-corrected chi connectivity index (χ1v) is 11.8. The van der Waals surface area contributed by atoms with E-state index in [1.807, 2.05) is 0 Å². The SMILES string of the molecule is O=S(=O)(c1ccc(N2CCN(Cc3cccc(C(F)(F)F)c3)CC2)nc1)N1CCCC1. The number of pyridine rings is 1. The molecule has 2 aromatic rings. The van der Waals surface area contributed by atoms with E-state index < -0.39 is 21.8 Å². The van der Waals surface area contributed by atoms with Crippen molar-refractivity contribution in [1.29, 1.82) is 0 Å². The second kappa shape index (κ2) is 8.76. The van der Waals surface area contributed by atoms with Gasteiger partial charge in [0, 0.05) is 52.0 Å². The molecule has 0 spiro atoms. The molecule has 6 nitrogen and oxygen atoms in total.